The van der Waals surface area contributed by atoms with Crippen molar-refractivity contribution < 1.29 is 13.2 Å². The van der Waals surface area contributed by atoms with Crippen molar-refractivity contribution in [3.05, 3.63) is 22.7 Å². The minimum atomic E-state index is -3.66. The number of amides is 1. The highest BCUT2D eigenvalue weighted by Gasteiger charge is 2.25. The van der Waals surface area contributed by atoms with E-state index in [1.54, 1.807) is 4.90 Å². The molecule has 2 rings (SSSR count). The summed E-state index contributed by atoms with van der Waals surface area (Å²) in [6.45, 7) is 1.30. The van der Waals surface area contributed by atoms with Gasteiger partial charge in [0, 0.05) is 23.2 Å². The van der Waals surface area contributed by atoms with Crippen molar-refractivity contribution in [2.45, 2.75) is 30.6 Å². The summed E-state index contributed by atoms with van der Waals surface area (Å²) in [5, 5.41) is 0. The van der Waals surface area contributed by atoms with Gasteiger partial charge in [0.1, 0.15) is 5.75 Å². The van der Waals surface area contributed by atoms with Crippen LogP contribution in [0.15, 0.2) is 27.6 Å². The van der Waals surface area contributed by atoms with E-state index < -0.39 is 15.6 Å². The van der Waals surface area contributed by atoms with Gasteiger partial charge in [-0.25, -0.2) is 8.42 Å². The van der Waals surface area contributed by atoms with Gasteiger partial charge in [-0.1, -0.05) is 12.8 Å². The molecule has 1 aromatic carbocycles. The van der Waals surface area contributed by atoms with E-state index in [1.807, 2.05) is 0 Å². The molecule has 1 heterocycles. The predicted octanol–water partition coefficient (Wildman–Crippen LogP) is 2.21. The Kier molecular flexibility index (Phi) is 5.27. The number of carbonyl (C=O) groups is 1. The van der Waals surface area contributed by atoms with Crippen molar-refractivity contribution in [3.8, 4) is 0 Å². The number of sulfone groups is 1. The van der Waals surface area contributed by atoms with Crippen LogP contribution >= 0.6 is 15.9 Å². The number of hydrogen-bond acceptors (Lipinski definition) is 4. The summed E-state index contributed by atoms with van der Waals surface area (Å²) < 4.78 is 25.2. The van der Waals surface area contributed by atoms with Gasteiger partial charge in [-0.05, 0) is 47.0 Å². The van der Waals surface area contributed by atoms with Crippen molar-refractivity contribution in [2.75, 3.05) is 24.6 Å². The Morgan fingerprint density at radius 1 is 1.19 bits per heavy atom. The molecule has 1 aliphatic rings. The number of nitrogens with zero attached hydrogens (tertiary/aromatic N) is 1. The summed E-state index contributed by atoms with van der Waals surface area (Å²) in [7, 11) is -3.66. The van der Waals surface area contributed by atoms with Crippen LogP contribution in [-0.2, 0) is 14.6 Å². The van der Waals surface area contributed by atoms with E-state index in [2.05, 4.69) is 15.9 Å². The zero-order valence-corrected chi connectivity index (χ0v) is 14.1. The van der Waals surface area contributed by atoms with Crippen LogP contribution in [0, 0.1) is 0 Å². The summed E-state index contributed by atoms with van der Waals surface area (Å²) in [5.74, 6) is -0.809. The SMILES string of the molecule is Nc1ccc(S(=O)(=O)CC(=O)N2CCCCCC2)c(Br)c1. The molecule has 1 saturated heterocycles. The second-order valence-corrected chi connectivity index (χ2v) is 8.06. The van der Waals surface area contributed by atoms with E-state index in [4.69, 9.17) is 5.73 Å². The first kappa shape index (κ1) is 16.3. The first-order valence-electron chi connectivity index (χ1n) is 6.96. The molecule has 0 aliphatic carbocycles. The molecule has 0 unspecified atom stereocenters. The number of hydrogen-bond donors (Lipinski definition) is 1. The molecule has 1 amide bonds. The van der Waals surface area contributed by atoms with Gasteiger partial charge in [0.25, 0.3) is 0 Å². The Morgan fingerprint density at radius 3 is 2.38 bits per heavy atom. The highest BCUT2D eigenvalue weighted by atomic mass is 79.9. The van der Waals surface area contributed by atoms with Gasteiger partial charge in [-0.3, -0.25) is 4.79 Å². The lowest BCUT2D eigenvalue weighted by Crippen LogP contribution is -2.36. The second kappa shape index (κ2) is 6.79. The zero-order valence-electron chi connectivity index (χ0n) is 11.7. The highest BCUT2D eigenvalue weighted by molar-refractivity contribution is 9.10. The van der Waals surface area contributed by atoms with Crippen molar-refractivity contribution in [3.63, 3.8) is 0 Å². The van der Waals surface area contributed by atoms with Crippen LogP contribution in [0.3, 0.4) is 0 Å². The number of likely N-dealkylation sites (tertiary alicyclic amines) is 1. The zero-order chi connectivity index (χ0) is 15.5. The standard InChI is InChI=1S/C14H19BrN2O3S/c15-12-9-11(16)5-6-13(12)21(19,20)10-14(18)17-7-3-1-2-4-8-17/h5-6,9H,1-4,7-8,10,16H2. The molecule has 0 aromatic heterocycles. The maximum atomic E-state index is 12.4. The number of nitrogen functional groups attached to an aromatic ring is 1. The largest absolute Gasteiger partial charge is 0.399 e. The Bertz CT molecular complexity index is 623. The average Bonchev–Trinajstić information content (AvgIpc) is 2.66. The number of halogens is 1. The minimum Gasteiger partial charge on any atom is -0.399 e. The molecule has 1 fully saturated rings. The lowest BCUT2D eigenvalue weighted by molar-refractivity contribution is -0.128. The van der Waals surface area contributed by atoms with E-state index in [9.17, 15) is 13.2 Å². The lowest BCUT2D eigenvalue weighted by Gasteiger charge is -2.20. The first-order chi connectivity index (χ1) is 9.90. The first-order valence-corrected chi connectivity index (χ1v) is 9.40. The second-order valence-electron chi connectivity index (χ2n) is 5.24. The number of nitrogens with two attached hydrogens (primary N) is 1. The van der Waals surface area contributed by atoms with Crippen molar-refractivity contribution >= 4 is 37.4 Å². The fourth-order valence-electron chi connectivity index (χ4n) is 2.42. The van der Waals surface area contributed by atoms with E-state index in [0.717, 1.165) is 25.7 Å². The topological polar surface area (TPSA) is 80.5 Å². The summed E-state index contributed by atoms with van der Waals surface area (Å²) in [6, 6.07) is 4.49. The molecule has 2 N–H and O–H groups in total. The molecule has 7 heteroatoms. The third-order valence-electron chi connectivity index (χ3n) is 3.56. The lowest BCUT2D eigenvalue weighted by atomic mass is 10.2. The molecule has 21 heavy (non-hydrogen) atoms. The van der Waals surface area contributed by atoms with Crippen LogP contribution in [0.5, 0.6) is 0 Å². The van der Waals surface area contributed by atoms with Crippen LogP contribution in [0.4, 0.5) is 5.69 Å². The molecular weight excluding hydrogens is 356 g/mol. The molecule has 1 aromatic rings. The maximum Gasteiger partial charge on any atom is 0.238 e. The van der Waals surface area contributed by atoms with Crippen LogP contribution in [0.2, 0.25) is 0 Å². The van der Waals surface area contributed by atoms with Crippen molar-refractivity contribution in [1.82, 2.24) is 4.90 Å². The van der Waals surface area contributed by atoms with Gasteiger partial charge >= 0.3 is 0 Å². The summed E-state index contributed by atoms with van der Waals surface area (Å²) in [6.07, 6.45) is 4.08. The molecule has 0 spiro atoms. The smallest absolute Gasteiger partial charge is 0.238 e. The fourth-order valence-corrected chi connectivity index (χ4v) is 4.85. The number of rotatable bonds is 3. The summed E-state index contributed by atoms with van der Waals surface area (Å²) in [5.41, 5.74) is 6.08. The molecule has 5 nitrogen and oxygen atoms in total. The maximum absolute atomic E-state index is 12.4. The van der Waals surface area contributed by atoms with Gasteiger partial charge in [0.2, 0.25) is 5.91 Å². The third kappa shape index (κ3) is 4.20. The summed E-state index contributed by atoms with van der Waals surface area (Å²) >= 11 is 3.20. The highest BCUT2D eigenvalue weighted by Crippen LogP contribution is 2.25. The van der Waals surface area contributed by atoms with Gasteiger partial charge in [0.05, 0.1) is 4.90 Å². The Labute approximate surface area is 133 Å². The number of benzene rings is 1. The minimum absolute atomic E-state index is 0.111. The normalized spacial score (nSPS) is 16.5. The van der Waals surface area contributed by atoms with Crippen molar-refractivity contribution in [2.24, 2.45) is 0 Å². The molecule has 0 radical (unpaired) electrons. The Balaban J connectivity index is 2.14. The van der Waals surface area contributed by atoms with Crippen LogP contribution in [0.1, 0.15) is 25.7 Å². The molecule has 1 aliphatic heterocycles. The molecular formula is C14H19BrN2O3S. The Morgan fingerprint density at radius 2 is 1.81 bits per heavy atom. The fraction of sp³-hybridized carbons (Fsp3) is 0.500. The van der Waals surface area contributed by atoms with Crippen LogP contribution in [-0.4, -0.2) is 38.1 Å². The van der Waals surface area contributed by atoms with Gasteiger partial charge in [-0.2, -0.15) is 0 Å². The molecule has 0 atom stereocenters. The average molecular weight is 375 g/mol. The van der Waals surface area contributed by atoms with Gasteiger partial charge in [0.15, 0.2) is 9.84 Å². The van der Waals surface area contributed by atoms with E-state index >= 15 is 0 Å². The quantitative estimate of drug-likeness (QED) is 0.822. The molecule has 116 valence electrons. The molecule has 0 saturated carbocycles. The summed E-state index contributed by atoms with van der Waals surface area (Å²) in [4.78, 5) is 14.0. The predicted molar refractivity (Wildman–Crippen MR) is 85.7 cm³/mol. The number of anilines is 1. The van der Waals surface area contributed by atoms with Crippen LogP contribution in [0.25, 0.3) is 0 Å². The van der Waals surface area contributed by atoms with Crippen LogP contribution < -0.4 is 5.73 Å². The van der Waals surface area contributed by atoms with Gasteiger partial charge in [-0.15, -0.1) is 0 Å². The third-order valence-corrected chi connectivity index (χ3v) is 6.13. The monoisotopic (exact) mass is 374 g/mol. The van der Waals surface area contributed by atoms with E-state index in [-0.39, 0.29) is 10.8 Å². The van der Waals surface area contributed by atoms with Crippen molar-refractivity contribution in [1.29, 1.82) is 0 Å². The molecule has 0 bridgehead atoms. The van der Waals surface area contributed by atoms with Gasteiger partial charge < -0.3 is 10.6 Å². The van der Waals surface area contributed by atoms with E-state index in [0.29, 0.717) is 23.2 Å². The Hall–Kier alpha value is -1.08. The number of carbonyl (C=O) groups excluding carboxylic acids is 1. The van der Waals surface area contributed by atoms with E-state index in [1.165, 1.54) is 18.2 Å².